The summed E-state index contributed by atoms with van der Waals surface area (Å²) in [6.45, 7) is 1.91. The maximum Gasteiger partial charge on any atom is 0.251 e. The third-order valence-corrected chi connectivity index (χ3v) is 4.57. The summed E-state index contributed by atoms with van der Waals surface area (Å²) >= 11 is 0. The van der Waals surface area contributed by atoms with Gasteiger partial charge in [0, 0.05) is 18.0 Å². The average molecular weight is 326 g/mol. The number of nitrogens with one attached hydrogen (secondary N) is 1. The molecule has 1 saturated carbocycles. The van der Waals surface area contributed by atoms with Gasteiger partial charge in [-0.2, -0.15) is 0 Å². The van der Waals surface area contributed by atoms with Crippen LogP contribution >= 0.6 is 0 Å². The van der Waals surface area contributed by atoms with Gasteiger partial charge in [-0.25, -0.2) is 0 Å². The number of aliphatic hydroxyl groups is 1. The van der Waals surface area contributed by atoms with E-state index in [1.54, 1.807) is 36.7 Å². The SMILES string of the molecule is Cc1ccc(C(=O)NC2(CO)CCCC2)cc1Oc1ccncc1. The molecule has 0 saturated heterocycles. The molecule has 1 fully saturated rings. The Morgan fingerprint density at radius 2 is 1.96 bits per heavy atom. The van der Waals surface area contributed by atoms with Crippen molar-refractivity contribution in [1.82, 2.24) is 10.3 Å². The lowest BCUT2D eigenvalue weighted by Crippen LogP contribution is -2.49. The van der Waals surface area contributed by atoms with Crippen molar-refractivity contribution in [3.8, 4) is 11.5 Å². The van der Waals surface area contributed by atoms with Gasteiger partial charge in [-0.05, 0) is 49.6 Å². The minimum atomic E-state index is -0.478. The molecule has 1 aromatic carbocycles. The van der Waals surface area contributed by atoms with E-state index in [-0.39, 0.29) is 12.5 Å². The van der Waals surface area contributed by atoms with E-state index in [0.29, 0.717) is 17.1 Å². The van der Waals surface area contributed by atoms with Crippen molar-refractivity contribution in [2.24, 2.45) is 0 Å². The van der Waals surface area contributed by atoms with E-state index in [2.05, 4.69) is 10.3 Å². The van der Waals surface area contributed by atoms with Crippen LogP contribution in [0.2, 0.25) is 0 Å². The van der Waals surface area contributed by atoms with Gasteiger partial charge in [0.2, 0.25) is 0 Å². The molecule has 0 aliphatic heterocycles. The highest BCUT2D eigenvalue weighted by Gasteiger charge is 2.34. The first-order valence-corrected chi connectivity index (χ1v) is 8.24. The maximum atomic E-state index is 12.6. The number of carbonyl (C=O) groups is 1. The molecule has 0 radical (unpaired) electrons. The molecule has 126 valence electrons. The largest absolute Gasteiger partial charge is 0.457 e. The summed E-state index contributed by atoms with van der Waals surface area (Å²) in [4.78, 5) is 16.6. The summed E-state index contributed by atoms with van der Waals surface area (Å²) in [5.74, 6) is 1.14. The number of amides is 1. The molecule has 5 heteroatoms. The monoisotopic (exact) mass is 326 g/mol. The lowest BCUT2D eigenvalue weighted by Gasteiger charge is -2.28. The first-order valence-electron chi connectivity index (χ1n) is 8.24. The van der Waals surface area contributed by atoms with Crippen LogP contribution in [0.15, 0.2) is 42.7 Å². The first-order chi connectivity index (χ1) is 11.6. The molecule has 1 amide bonds. The molecule has 1 aliphatic rings. The van der Waals surface area contributed by atoms with Gasteiger partial charge in [0.1, 0.15) is 11.5 Å². The number of hydrogen-bond acceptors (Lipinski definition) is 4. The Morgan fingerprint density at radius 3 is 2.62 bits per heavy atom. The summed E-state index contributed by atoms with van der Waals surface area (Å²) in [6.07, 6.45) is 7.03. The van der Waals surface area contributed by atoms with E-state index in [1.165, 1.54) is 0 Å². The van der Waals surface area contributed by atoms with Crippen LogP contribution in [0.3, 0.4) is 0 Å². The lowest BCUT2D eigenvalue weighted by atomic mass is 9.98. The van der Waals surface area contributed by atoms with Crippen molar-refractivity contribution in [1.29, 1.82) is 0 Å². The molecule has 0 unspecified atom stereocenters. The lowest BCUT2D eigenvalue weighted by molar-refractivity contribution is 0.0838. The summed E-state index contributed by atoms with van der Waals surface area (Å²) in [5, 5.41) is 12.7. The second kappa shape index (κ2) is 7.01. The zero-order chi connectivity index (χ0) is 17.0. The van der Waals surface area contributed by atoms with E-state index in [1.807, 2.05) is 13.0 Å². The van der Waals surface area contributed by atoms with Crippen LogP contribution in [0, 0.1) is 6.92 Å². The molecular formula is C19H22N2O3. The molecule has 1 aromatic heterocycles. The Labute approximate surface area is 141 Å². The van der Waals surface area contributed by atoms with Gasteiger partial charge in [-0.15, -0.1) is 0 Å². The minimum absolute atomic E-state index is 0.0228. The highest BCUT2D eigenvalue weighted by molar-refractivity contribution is 5.95. The number of carbonyl (C=O) groups excluding carboxylic acids is 1. The van der Waals surface area contributed by atoms with Crippen LogP contribution in [0.25, 0.3) is 0 Å². The van der Waals surface area contributed by atoms with Crippen molar-refractivity contribution in [3.63, 3.8) is 0 Å². The van der Waals surface area contributed by atoms with Crippen LogP contribution in [0.5, 0.6) is 11.5 Å². The molecular weight excluding hydrogens is 304 g/mol. The Bertz CT molecular complexity index is 710. The van der Waals surface area contributed by atoms with Gasteiger partial charge in [0.25, 0.3) is 5.91 Å². The summed E-state index contributed by atoms with van der Waals surface area (Å²) in [7, 11) is 0. The predicted octanol–water partition coefficient (Wildman–Crippen LogP) is 3.22. The fraction of sp³-hybridized carbons (Fsp3) is 0.368. The van der Waals surface area contributed by atoms with Crippen LogP contribution in [0.4, 0.5) is 0 Å². The number of aryl methyl sites for hydroxylation is 1. The number of nitrogens with zero attached hydrogens (tertiary/aromatic N) is 1. The van der Waals surface area contributed by atoms with Crippen LogP contribution < -0.4 is 10.1 Å². The maximum absolute atomic E-state index is 12.6. The van der Waals surface area contributed by atoms with Gasteiger partial charge in [-0.1, -0.05) is 18.9 Å². The Morgan fingerprint density at radius 1 is 1.25 bits per heavy atom. The second-order valence-corrected chi connectivity index (χ2v) is 6.36. The van der Waals surface area contributed by atoms with Gasteiger partial charge < -0.3 is 15.2 Å². The number of pyridine rings is 1. The molecule has 0 bridgehead atoms. The fourth-order valence-corrected chi connectivity index (χ4v) is 3.07. The quantitative estimate of drug-likeness (QED) is 0.885. The summed E-state index contributed by atoms with van der Waals surface area (Å²) < 4.78 is 5.85. The Balaban J connectivity index is 1.78. The van der Waals surface area contributed by atoms with Gasteiger partial charge in [-0.3, -0.25) is 9.78 Å². The minimum Gasteiger partial charge on any atom is -0.457 e. The molecule has 5 nitrogen and oxygen atoms in total. The highest BCUT2D eigenvalue weighted by atomic mass is 16.5. The van der Waals surface area contributed by atoms with Gasteiger partial charge >= 0.3 is 0 Å². The summed E-state index contributed by atoms with van der Waals surface area (Å²) in [6, 6.07) is 8.93. The average Bonchev–Trinajstić information content (AvgIpc) is 3.07. The van der Waals surface area contributed by atoms with Gasteiger partial charge in [0.05, 0.1) is 12.1 Å². The molecule has 1 heterocycles. The number of rotatable bonds is 5. The zero-order valence-corrected chi connectivity index (χ0v) is 13.8. The van der Waals surface area contributed by atoms with E-state index >= 15 is 0 Å². The molecule has 1 aliphatic carbocycles. The Kier molecular flexibility index (Phi) is 4.81. The van der Waals surface area contributed by atoms with Crippen molar-refractivity contribution < 1.29 is 14.6 Å². The number of aromatic nitrogens is 1. The molecule has 0 spiro atoms. The topological polar surface area (TPSA) is 71.5 Å². The van der Waals surface area contributed by atoms with Crippen molar-refractivity contribution in [2.45, 2.75) is 38.1 Å². The number of aliphatic hydroxyl groups excluding tert-OH is 1. The zero-order valence-electron chi connectivity index (χ0n) is 13.8. The number of ether oxygens (including phenoxy) is 1. The highest BCUT2D eigenvalue weighted by Crippen LogP contribution is 2.30. The third-order valence-electron chi connectivity index (χ3n) is 4.57. The normalized spacial score (nSPS) is 15.9. The second-order valence-electron chi connectivity index (χ2n) is 6.36. The van der Waals surface area contributed by atoms with Gasteiger partial charge in [0.15, 0.2) is 0 Å². The smallest absolute Gasteiger partial charge is 0.251 e. The molecule has 2 N–H and O–H groups in total. The van der Waals surface area contributed by atoms with E-state index in [9.17, 15) is 9.90 Å². The summed E-state index contributed by atoms with van der Waals surface area (Å²) in [5.41, 5.74) is 0.999. The fourth-order valence-electron chi connectivity index (χ4n) is 3.07. The first kappa shape index (κ1) is 16.5. The van der Waals surface area contributed by atoms with Crippen molar-refractivity contribution in [3.05, 3.63) is 53.9 Å². The molecule has 3 rings (SSSR count). The Hall–Kier alpha value is -2.40. The third kappa shape index (κ3) is 3.57. The standard InChI is InChI=1S/C19H22N2O3/c1-14-4-5-15(12-17(14)24-16-6-10-20-11-7-16)18(23)21-19(13-22)8-2-3-9-19/h4-7,10-12,22H,2-3,8-9,13H2,1H3,(H,21,23). The van der Waals surface area contributed by atoms with E-state index in [4.69, 9.17) is 4.74 Å². The number of hydrogen-bond donors (Lipinski definition) is 2. The van der Waals surface area contributed by atoms with Crippen molar-refractivity contribution >= 4 is 5.91 Å². The molecule has 0 atom stereocenters. The van der Waals surface area contributed by atoms with E-state index < -0.39 is 5.54 Å². The molecule has 24 heavy (non-hydrogen) atoms. The predicted molar refractivity (Wildman–Crippen MR) is 91.2 cm³/mol. The van der Waals surface area contributed by atoms with Crippen molar-refractivity contribution in [2.75, 3.05) is 6.61 Å². The number of benzene rings is 1. The van der Waals surface area contributed by atoms with Crippen LogP contribution in [-0.4, -0.2) is 28.1 Å². The molecule has 2 aromatic rings. The van der Waals surface area contributed by atoms with Crippen LogP contribution in [-0.2, 0) is 0 Å². The van der Waals surface area contributed by atoms with E-state index in [0.717, 1.165) is 31.2 Å². The van der Waals surface area contributed by atoms with Crippen LogP contribution in [0.1, 0.15) is 41.6 Å².